The molecule has 6 nitrogen and oxygen atoms in total. The van der Waals surface area contributed by atoms with Crippen molar-refractivity contribution in [2.45, 2.75) is 13.3 Å². The molecule has 0 rings (SSSR count). The van der Waals surface area contributed by atoms with E-state index in [0.29, 0.717) is 6.42 Å². The molecule has 0 aliphatic rings. The van der Waals surface area contributed by atoms with Crippen molar-refractivity contribution < 1.29 is 23.1 Å². The Morgan fingerprint density at radius 3 is 2.47 bits per heavy atom. The normalized spacial score (nSPS) is 11.7. The van der Waals surface area contributed by atoms with Crippen LogP contribution in [0.4, 0.5) is 0 Å². The summed E-state index contributed by atoms with van der Waals surface area (Å²) in [5.74, 6) is -0.978. The van der Waals surface area contributed by atoms with Crippen LogP contribution in [0.25, 0.3) is 0 Å². The molecule has 15 heavy (non-hydrogen) atoms. The van der Waals surface area contributed by atoms with Gasteiger partial charge in [-0.05, 0) is 6.42 Å². The highest BCUT2D eigenvalue weighted by Gasteiger charge is 2.23. The van der Waals surface area contributed by atoms with Gasteiger partial charge in [-0.15, -0.1) is 0 Å². The zero-order valence-corrected chi connectivity index (χ0v) is 9.79. The quantitative estimate of drug-likeness (QED) is 0.588. The fraction of sp³-hybridized carbons (Fsp3) is 0.875. The molecule has 0 aliphatic carbocycles. The lowest BCUT2D eigenvalue weighted by Crippen LogP contribution is -2.38. The van der Waals surface area contributed by atoms with Gasteiger partial charge in [0.05, 0.1) is 19.5 Å². The third kappa shape index (κ3) is 5.10. The Labute approximate surface area is 89.9 Å². The first-order valence-corrected chi connectivity index (χ1v) is 6.24. The number of carbonyl (C=O) groups excluding carboxylic acids is 1. The van der Waals surface area contributed by atoms with Gasteiger partial charge >= 0.3 is 5.97 Å². The van der Waals surface area contributed by atoms with Crippen molar-refractivity contribution in [1.82, 2.24) is 4.31 Å². The molecule has 0 aromatic rings. The first-order chi connectivity index (χ1) is 6.97. The van der Waals surface area contributed by atoms with Crippen LogP contribution in [0.15, 0.2) is 0 Å². The fourth-order valence-corrected chi connectivity index (χ4v) is 2.27. The minimum atomic E-state index is -3.56. The summed E-state index contributed by atoms with van der Waals surface area (Å²) in [5.41, 5.74) is 0. The highest BCUT2D eigenvalue weighted by atomic mass is 32.2. The Kier molecular flexibility index (Phi) is 6.46. The third-order valence-corrected chi connectivity index (χ3v) is 3.55. The van der Waals surface area contributed by atoms with Crippen molar-refractivity contribution in [1.29, 1.82) is 0 Å². The molecule has 0 fully saturated rings. The van der Waals surface area contributed by atoms with Crippen molar-refractivity contribution in [2.24, 2.45) is 0 Å². The second-order valence-electron chi connectivity index (χ2n) is 2.95. The molecule has 0 radical (unpaired) electrons. The van der Waals surface area contributed by atoms with Gasteiger partial charge in [0, 0.05) is 6.54 Å². The van der Waals surface area contributed by atoms with Gasteiger partial charge < -0.3 is 9.84 Å². The monoisotopic (exact) mass is 239 g/mol. The molecular formula is C8H17NO5S. The lowest BCUT2D eigenvalue weighted by molar-refractivity contribution is -0.140. The topological polar surface area (TPSA) is 83.9 Å². The van der Waals surface area contributed by atoms with Gasteiger partial charge in [-0.3, -0.25) is 4.79 Å². The summed E-state index contributed by atoms with van der Waals surface area (Å²) in [6.07, 6.45) is 0.599. The molecule has 7 heteroatoms. The largest absolute Gasteiger partial charge is 0.468 e. The standard InChI is InChI=1S/C8H17NO5S/c1-3-4-9(7-8(11)14-2)15(12,13)6-5-10/h10H,3-7H2,1-2H3. The lowest BCUT2D eigenvalue weighted by atomic mass is 10.5. The zero-order chi connectivity index (χ0) is 11.9. The maximum absolute atomic E-state index is 11.5. The van der Waals surface area contributed by atoms with Gasteiger partial charge in [0.25, 0.3) is 0 Å². The number of sulfonamides is 1. The Bertz CT molecular complexity index is 287. The predicted molar refractivity (Wildman–Crippen MR) is 54.8 cm³/mol. The van der Waals surface area contributed by atoms with Crippen molar-refractivity contribution in [3.8, 4) is 0 Å². The van der Waals surface area contributed by atoms with E-state index in [0.717, 1.165) is 4.31 Å². The van der Waals surface area contributed by atoms with E-state index in [4.69, 9.17) is 5.11 Å². The number of aliphatic hydroxyl groups excluding tert-OH is 1. The van der Waals surface area contributed by atoms with E-state index in [1.54, 1.807) is 6.92 Å². The second kappa shape index (κ2) is 6.76. The number of nitrogens with zero attached hydrogens (tertiary/aromatic N) is 1. The van der Waals surface area contributed by atoms with Crippen LogP contribution in [-0.2, 0) is 19.6 Å². The predicted octanol–water partition coefficient (Wildman–Crippen LogP) is -0.806. The number of hydrogen-bond acceptors (Lipinski definition) is 5. The number of rotatable bonds is 7. The van der Waals surface area contributed by atoms with Crippen LogP contribution in [0.1, 0.15) is 13.3 Å². The number of aliphatic hydroxyl groups is 1. The zero-order valence-electron chi connectivity index (χ0n) is 8.97. The van der Waals surface area contributed by atoms with Crippen LogP contribution in [0.5, 0.6) is 0 Å². The maximum Gasteiger partial charge on any atom is 0.321 e. The summed E-state index contributed by atoms with van der Waals surface area (Å²) in [7, 11) is -2.36. The van der Waals surface area contributed by atoms with Gasteiger partial charge in [0.1, 0.15) is 6.54 Å². The average molecular weight is 239 g/mol. The van der Waals surface area contributed by atoms with Gasteiger partial charge in [-0.2, -0.15) is 4.31 Å². The number of carbonyl (C=O) groups is 1. The van der Waals surface area contributed by atoms with Crippen LogP contribution in [0.2, 0.25) is 0 Å². The van der Waals surface area contributed by atoms with E-state index in [1.807, 2.05) is 0 Å². The lowest BCUT2D eigenvalue weighted by Gasteiger charge is -2.19. The van der Waals surface area contributed by atoms with Gasteiger partial charge in [0.2, 0.25) is 10.0 Å². The fourth-order valence-electron chi connectivity index (χ4n) is 1.02. The summed E-state index contributed by atoms with van der Waals surface area (Å²) in [6, 6.07) is 0. The summed E-state index contributed by atoms with van der Waals surface area (Å²) in [5, 5.41) is 8.59. The molecule has 0 spiro atoms. The minimum Gasteiger partial charge on any atom is -0.468 e. The Morgan fingerprint density at radius 2 is 2.07 bits per heavy atom. The molecule has 0 unspecified atom stereocenters. The molecule has 0 amide bonds. The minimum absolute atomic E-state index is 0.247. The van der Waals surface area contributed by atoms with Crippen molar-refractivity contribution in [2.75, 3.05) is 32.6 Å². The first kappa shape index (κ1) is 14.3. The molecule has 0 heterocycles. The Hall–Kier alpha value is -0.660. The SMILES string of the molecule is CCCN(CC(=O)OC)S(=O)(=O)CCO. The van der Waals surface area contributed by atoms with E-state index >= 15 is 0 Å². The highest BCUT2D eigenvalue weighted by molar-refractivity contribution is 7.89. The molecule has 90 valence electrons. The first-order valence-electron chi connectivity index (χ1n) is 4.63. The summed E-state index contributed by atoms with van der Waals surface area (Å²) >= 11 is 0. The second-order valence-corrected chi connectivity index (χ2v) is 5.04. The van der Waals surface area contributed by atoms with Gasteiger partial charge in [0.15, 0.2) is 0 Å². The van der Waals surface area contributed by atoms with Crippen molar-refractivity contribution >= 4 is 16.0 Å². The third-order valence-electron chi connectivity index (χ3n) is 1.75. The summed E-state index contributed by atoms with van der Waals surface area (Å²) in [4.78, 5) is 11.0. The highest BCUT2D eigenvalue weighted by Crippen LogP contribution is 2.03. The Balaban J connectivity index is 4.57. The van der Waals surface area contributed by atoms with E-state index < -0.39 is 22.6 Å². The number of methoxy groups -OCH3 is 1. The molecule has 0 aliphatic heterocycles. The van der Waals surface area contributed by atoms with Crippen LogP contribution < -0.4 is 0 Å². The molecule has 0 aromatic carbocycles. The van der Waals surface area contributed by atoms with E-state index in [1.165, 1.54) is 7.11 Å². The molecule has 0 bridgehead atoms. The summed E-state index contributed by atoms with van der Waals surface area (Å²) < 4.78 is 28.5. The molecule has 0 atom stereocenters. The number of ether oxygens (including phenoxy) is 1. The van der Waals surface area contributed by atoms with E-state index in [9.17, 15) is 13.2 Å². The van der Waals surface area contributed by atoms with E-state index in [-0.39, 0.29) is 18.8 Å². The summed E-state index contributed by atoms with van der Waals surface area (Å²) in [6.45, 7) is 1.30. The van der Waals surface area contributed by atoms with Crippen LogP contribution in [0, 0.1) is 0 Å². The van der Waals surface area contributed by atoms with Crippen molar-refractivity contribution in [3.63, 3.8) is 0 Å². The average Bonchev–Trinajstić information content (AvgIpc) is 2.16. The number of esters is 1. The molecule has 1 N–H and O–H groups in total. The molecule has 0 aromatic heterocycles. The van der Waals surface area contributed by atoms with Crippen molar-refractivity contribution in [3.05, 3.63) is 0 Å². The van der Waals surface area contributed by atoms with Crippen LogP contribution >= 0.6 is 0 Å². The maximum atomic E-state index is 11.5. The smallest absolute Gasteiger partial charge is 0.321 e. The van der Waals surface area contributed by atoms with E-state index in [2.05, 4.69) is 4.74 Å². The molecule has 0 saturated carbocycles. The van der Waals surface area contributed by atoms with Crippen LogP contribution in [-0.4, -0.2) is 56.4 Å². The van der Waals surface area contributed by atoms with Gasteiger partial charge in [-0.1, -0.05) is 6.92 Å². The number of hydrogen-bond donors (Lipinski definition) is 1. The molecule has 0 saturated heterocycles. The van der Waals surface area contributed by atoms with Crippen LogP contribution in [0.3, 0.4) is 0 Å². The Morgan fingerprint density at radius 1 is 1.47 bits per heavy atom. The van der Waals surface area contributed by atoms with Gasteiger partial charge in [-0.25, -0.2) is 8.42 Å². The molecular weight excluding hydrogens is 222 g/mol.